The normalized spacial score (nSPS) is 20.7. The molecule has 1 aliphatic heterocycles. The van der Waals surface area contributed by atoms with Gasteiger partial charge < -0.3 is 10.4 Å². The summed E-state index contributed by atoms with van der Waals surface area (Å²) in [6.45, 7) is 2.04. The molecule has 0 aliphatic carbocycles. The molecule has 1 aromatic heterocycles. The molecule has 2 unspecified atom stereocenters. The molecule has 2 N–H and O–H groups in total. The van der Waals surface area contributed by atoms with Crippen LogP contribution in [0, 0.1) is 0 Å². The van der Waals surface area contributed by atoms with Gasteiger partial charge in [-0.2, -0.15) is 0 Å². The third-order valence-corrected chi connectivity index (χ3v) is 5.10. The topological polar surface area (TPSA) is 49.3 Å². The molecule has 0 saturated heterocycles. The van der Waals surface area contributed by atoms with Crippen molar-refractivity contribution < 1.29 is 9.90 Å². The number of aryl methyl sites for hydroxylation is 1. The Hall–Kier alpha value is -0.520. The molecule has 2 atom stereocenters. The van der Waals surface area contributed by atoms with Crippen molar-refractivity contribution >= 4 is 29.0 Å². The summed E-state index contributed by atoms with van der Waals surface area (Å²) in [5.74, 6) is 1.09. The Morgan fingerprint density at radius 1 is 1.71 bits per heavy atom. The molecule has 1 amide bonds. The van der Waals surface area contributed by atoms with Gasteiger partial charge in [0.1, 0.15) is 5.25 Å². The number of thiophene rings is 1. The van der Waals surface area contributed by atoms with Crippen molar-refractivity contribution in [1.82, 2.24) is 5.32 Å². The first-order valence-corrected chi connectivity index (χ1v) is 7.74. The lowest BCUT2D eigenvalue weighted by Crippen LogP contribution is -2.36. The summed E-state index contributed by atoms with van der Waals surface area (Å²) < 4.78 is 0. The summed E-state index contributed by atoms with van der Waals surface area (Å²) in [6, 6.07) is 2.10. The van der Waals surface area contributed by atoms with Gasteiger partial charge in [0.15, 0.2) is 0 Å². The van der Waals surface area contributed by atoms with Gasteiger partial charge in [0, 0.05) is 17.5 Å². The van der Waals surface area contributed by atoms with Crippen LogP contribution in [0.4, 0.5) is 0 Å². The molecule has 1 aromatic rings. The van der Waals surface area contributed by atoms with Crippen molar-refractivity contribution in [2.75, 3.05) is 12.4 Å². The predicted octanol–water partition coefficient (Wildman–Crippen LogP) is 1.97. The van der Waals surface area contributed by atoms with E-state index >= 15 is 0 Å². The van der Waals surface area contributed by atoms with Crippen LogP contribution in [-0.2, 0) is 11.2 Å². The Bertz CT molecular complexity index is 392. The molecule has 5 heteroatoms. The number of thioether (sulfide) groups is 1. The minimum atomic E-state index is -0.0638. The van der Waals surface area contributed by atoms with Crippen LogP contribution in [0.5, 0.6) is 0 Å². The van der Waals surface area contributed by atoms with Crippen LogP contribution in [0.15, 0.2) is 11.4 Å². The van der Waals surface area contributed by atoms with Gasteiger partial charge in [-0.1, -0.05) is 0 Å². The summed E-state index contributed by atoms with van der Waals surface area (Å²) in [7, 11) is 0. The maximum atomic E-state index is 12.1. The quantitative estimate of drug-likeness (QED) is 0.880. The van der Waals surface area contributed by atoms with Gasteiger partial charge >= 0.3 is 0 Å². The highest BCUT2D eigenvalue weighted by Gasteiger charge is 2.28. The zero-order chi connectivity index (χ0) is 12.3. The van der Waals surface area contributed by atoms with E-state index in [1.54, 1.807) is 23.1 Å². The van der Waals surface area contributed by atoms with Crippen molar-refractivity contribution in [3.8, 4) is 0 Å². The number of carbonyl (C=O) groups excluding carboxylic acids is 1. The second kappa shape index (κ2) is 5.89. The van der Waals surface area contributed by atoms with Crippen molar-refractivity contribution in [2.45, 2.75) is 31.1 Å². The molecule has 17 heavy (non-hydrogen) atoms. The van der Waals surface area contributed by atoms with Gasteiger partial charge in [-0.15, -0.1) is 23.1 Å². The molecule has 2 heterocycles. The fraction of sp³-hybridized carbons (Fsp3) is 0.583. The zero-order valence-electron chi connectivity index (χ0n) is 9.81. The monoisotopic (exact) mass is 271 g/mol. The van der Waals surface area contributed by atoms with Gasteiger partial charge in [-0.05, 0) is 42.5 Å². The van der Waals surface area contributed by atoms with E-state index in [4.69, 9.17) is 5.11 Å². The molecule has 2 rings (SSSR count). The minimum absolute atomic E-state index is 0.0390. The zero-order valence-corrected chi connectivity index (χ0v) is 11.4. The van der Waals surface area contributed by atoms with E-state index in [0.717, 1.165) is 12.2 Å². The summed E-state index contributed by atoms with van der Waals surface area (Å²) in [6.07, 6.45) is 1.69. The summed E-state index contributed by atoms with van der Waals surface area (Å²) in [5, 5.41) is 13.8. The molecule has 1 aliphatic rings. The van der Waals surface area contributed by atoms with Crippen LogP contribution in [0.1, 0.15) is 29.0 Å². The average Bonchev–Trinajstić information content (AvgIpc) is 2.76. The van der Waals surface area contributed by atoms with Gasteiger partial charge in [-0.3, -0.25) is 4.79 Å². The van der Waals surface area contributed by atoms with Gasteiger partial charge in [-0.25, -0.2) is 0 Å². The van der Waals surface area contributed by atoms with E-state index in [0.29, 0.717) is 6.42 Å². The molecule has 0 saturated carbocycles. The Kier molecular flexibility index (Phi) is 4.48. The maximum absolute atomic E-state index is 12.1. The van der Waals surface area contributed by atoms with E-state index in [2.05, 4.69) is 16.8 Å². The summed E-state index contributed by atoms with van der Waals surface area (Å²) in [5.41, 5.74) is 1.18. The highest BCUT2D eigenvalue weighted by atomic mass is 32.2. The molecular weight excluding hydrogens is 254 g/mol. The maximum Gasteiger partial charge on any atom is 0.237 e. The largest absolute Gasteiger partial charge is 0.396 e. The van der Waals surface area contributed by atoms with Crippen LogP contribution in [-0.4, -0.2) is 29.4 Å². The number of carbonyl (C=O) groups is 1. The van der Waals surface area contributed by atoms with Crippen LogP contribution < -0.4 is 5.32 Å². The number of hydrogen-bond donors (Lipinski definition) is 2. The van der Waals surface area contributed by atoms with Gasteiger partial charge in [0.2, 0.25) is 5.91 Å². The van der Waals surface area contributed by atoms with E-state index in [9.17, 15) is 4.79 Å². The fourth-order valence-electron chi connectivity index (χ4n) is 1.95. The van der Waals surface area contributed by atoms with Crippen molar-refractivity contribution in [1.29, 1.82) is 0 Å². The van der Waals surface area contributed by atoms with Crippen LogP contribution in [0.25, 0.3) is 0 Å². The number of aliphatic hydroxyl groups excluding tert-OH is 1. The first kappa shape index (κ1) is 12.9. The predicted molar refractivity (Wildman–Crippen MR) is 72.5 cm³/mol. The fourth-order valence-corrected chi connectivity index (χ4v) is 4.25. The van der Waals surface area contributed by atoms with Crippen LogP contribution in [0.3, 0.4) is 0 Å². The average molecular weight is 271 g/mol. The van der Waals surface area contributed by atoms with E-state index in [-0.39, 0.29) is 23.8 Å². The highest BCUT2D eigenvalue weighted by molar-refractivity contribution is 8.00. The number of nitrogens with one attached hydrogen (secondary N) is 1. The Balaban J connectivity index is 2.02. The van der Waals surface area contributed by atoms with Gasteiger partial charge in [0.05, 0.1) is 0 Å². The lowest BCUT2D eigenvalue weighted by Gasteiger charge is -2.23. The Morgan fingerprint density at radius 2 is 2.53 bits per heavy atom. The molecule has 3 nitrogen and oxygen atoms in total. The number of amides is 1. The highest BCUT2D eigenvalue weighted by Crippen LogP contribution is 2.39. The number of aliphatic hydroxyl groups is 1. The standard InChI is InChI=1S/C12H17NO2S2/c1-8(2-5-14)13-12(15)11-9-3-6-16-10(9)4-7-17-11/h3,6,8,11,14H,2,4-5,7H2,1H3,(H,13,15). The molecule has 0 radical (unpaired) electrons. The summed E-state index contributed by atoms with van der Waals surface area (Å²) in [4.78, 5) is 13.5. The van der Waals surface area contributed by atoms with E-state index < -0.39 is 0 Å². The van der Waals surface area contributed by atoms with Crippen LogP contribution >= 0.6 is 23.1 Å². The number of rotatable bonds is 4. The Labute approximate surface area is 110 Å². The Morgan fingerprint density at radius 3 is 3.29 bits per heavy atom. The van der Waals surface area contributed by atoms with Crippen LogP contribution in [0.2, 0.25) is 0 Å². The molecule has 94 valence electrons. The third kappa shape index (κ3) is 3.03. The lowest BCUT2D eigenvalue weighted by atomic mass is 10.1. The van der Waals surface area contributed by atoms with E-state index in [1.807, 2.05) is 6.92 Å². The first-order valence-electron chi connectivity index (χ1n) is 5.81. The lowest BCUT2D eigenvalue weighted by molar-refractivity contribution is -0.121. The number of fused-ring (bicyclic) bond motifs is 1. The molecule has 0 spiro atoms. The molecule has 0 fully saturated rings. The van der Waals surface area contributed by atoms with E-state index in [1.165, 1.54) is 10.4 Å². The van der Waals surface area contributed by atoms with Crippen molar-refractivity contribution in [3.63, 3.8) is 0 Å². The molecular formula is C12H17NO2S2. The first-order chi connectivity index (χ1) is 8.22. The number of hydrogen-bond acceptors (Lipinski definition) is 4. The smallest absolute Gasteiger partial charge is 0.237 e. The van der Waals surface area contributed by atoms with Gasteiger partial charge in [0.25, 0.3) is 0 Å². The second-order valence-corrected chi connectivity index (χ2v) is 6.44. The SMILES string of the molecule is CC(CCO)NC(=O)C1SCCc2sccc21. The summed E-state index contributed by atoms with van der Waals surface area (Å²) >= 11 is 3.45. The second-order valence-electron chi connectivity index (χ2n) is 4.22. The minimum Gasteiger partial charge on any atom is -0.396 e. The van der Waals surface area contributed by atoms with Crippen molar-refractivity contribution in [3.05, 3.63) is 21.9 Å². The molecule has 0 aromatic carbocycles. The molecule has 0 bridgehead atoms. The third-order valence-electron chi connectivity index (χ3n) is 2.86. The van der Waals surface area contributed by atoms with Crippen molar-refractivity contribution in [2.24, 2.45) is 0 Å².